The van der Waals surface area contributed by atoms with Crippen molar-refractivity contribution >= 4 is 14.2 Å². The van der Waals surface area contributed by atoms with Crippen molar-refractivity contribution in [1.29, 1.82) is 0 Å². The quantitative estimate of drug-likeness (QED) is 0.568. The first-order valence-electron chi connectivity index (χ1n) is 6.26. The molecule has 0 aromatic heterocycles. The molecule has 3 nitrogen and oxygen atoms in total. The second kappa shape index (κ2) is 8.28. The van der Waals surface area contributed by atoms with Crippen molar-refractivity contribution in [2.24, 2.45) is 0 Å². The molecular weight excluding hydrogens is 232 g/mol. The molecule has 1 aromatic rings. The molecule has 1 rings (SSSR count). The number of para-hydroxylation sites is 1. The molecule has 0 saturated carbocycles. The highest BCUT2D eigenvalue weighted by molar-refractivity contribution is 6.68. The molecule has 17 heavy (non-hydrogen) atoms. The minimum absolute atomic E-state index is 0.371. The normalized spacial score (nSPS) is 12.6. The van der Waals surface area contributed by atoms with Crippen LogP contribution >= 0.6 is 0 Å². The van der Waals surface area contributed by atoms with Gasteiger partial charge in [0.15, 0.2) is 0 Å². The van der Waals surface area contributed by atoms with Gasteiger partial charge in [-0.25, -0.2) is 0 Å². The molecule has 0 amide bonds. The van der Waals surface area contributed by atoms with E-state index < -0.39 is 9.04 Å². The van der Waals surface area contributed by atoms with Crippen molar-refractivity contribution in [3.63, 3.8) is 0 Å². The number of phenols is 1. The fraction of sp³-hybridized carbons (Fsp3) is 0.538. The second-order valence-electron chi connectivity index (χ2n) is 3.88. The van der Waals surface area contributed by atoms with Crippen molar-refractivity contribution in [1.82, 2.24) is 0 Å². The van der Waals surface area contributed by atoms with E-state index in [0.29, 0.717) is 5.75 Å². The molecule has 0 fully saturated rings. The van der Waals surface area contributed by atoms with Crippen LogP contribution in [-0.2, 0) is 9.16 Å². The molecule has 0 aliphatic carbocycles. The van der Waals surface area contributed by atoms with E-state index in [4.69, 9.17) is 9.16 Å². The Balaban J connectivity index is 2.41. The van der Waals surface area contributed by atoms with Gasteiger partial charge in [0.1, 0.15) is 5.75 Å². The summed E-state index contributed by atoms with van der Waals surface area (Å²) in [4.78, 5) is 0. The fourth-order valence-electron chi connectivity index (χ4n) is 1.72. The highest BCUT2D eigenvalue weighted by atomic mass is 28.3. The van der Waals surface area contributed by atoms with Gasteiger partial charge in [-0.15, -0.1) is 0 Å². The van der Waals surface area contributed by atoms with Gasteiger partial charge in [0.25, 0.3) is 0 Å². The molecule has 0 aliphatic rings. The van der Waals surface area contributed by atoms with Gasteiger partial charge in [0.2, 0.25) is 9.04 Å². The standard InChI is InChI=1S/C13H22O3Si/c1-3-15-10-7-11-16-17(4-2)13-9-6-5-8-12(13)14/h5-6,8-9,14,17H,3-4,7,10-11H2,1-2H3. The fourth-order valence-corrected chi connectivity index (χ4v) is 3.78. The molecule has 0 saturated heterocycles. The summed E-state index contributed by atoms with van der Waals surface area (Å²) in [5.74, 6) is 0.371. The minimum atomic E-state index is -1.47. The molecule has 1 N–H and O–H groups in total. The highest BCUT2D eigenvalue weighted by Gasteiger charge is 2.15. The Labute approximate surface area is 105 Å². The van der Waals surface area contributed by atoms with Gasteiger partial charge in [-0.3, -0.25) is 0 Å². The average Bonchev–Trinajstić information content (AvgIpc) is 2.35. The van der Waals surface area contributed by atoms with Crippen molar-refractivity contribution in [2.45, 2.75) is 26.3 Å². The molecular formula is C13H22O3Si. The van der Waals surface area contributed by atoms with Crippen molar-refractivity contribution in [3.8, 4) is 5.75 Å². The third-order valence-corrected chi connectivity index (χ3v) is 5.17. The van der Waals surface area contributed by atoms with E-state index in [9.17, 15) is 5.11 Å². The number of phenolic OH excluding ortho intramolecular Hbond substituents is 1. The topological polar surface area (TPSA) is 38.7 Å². The summed E-state index contributed by atoms with van der Waals surface area (Å²) in [5, 5.41) is 10.8. The van der Waals surface area contributed by atoms with Gasteiger partial charge >= 0.3 is 0 Å². The smallest absolute Gasteiger partial charge is 0.211 e. The zero-order valence-corrected chi connectivity index (χ0v) is 11.8. The summed E-state index contributed by atoms with van der Waals surface area (Å²) in [7, 11) is -1.47. The summed E-state index contributed by atoms with van der Waals surface area (Å²) < 4.78 is 11.2. The van der Waals surface area contributed by atoms with E-state index in [1.165, 1.54) is 0 Å². The van der Waals surface area contributed by atoms with Crippen LogP contribution < -0.4 is 5.19 Å². The molecule has 0 aliphatic heterocycles. The van der Waals surface area contributed by atoms with Crippen molar-refractivity contribution in [2.75, 3.05) is 19.8 Å². The van der Waals surface area contributed by atoms with E-state index in [1.54, 1.807) is 6.07 Å². The van der Waals surface area contributed by atoms with Gasteiger partial charge in [0, 0.05) is 25.0 Å². The Morgan fingerprint density at radius 2 is 1.94 bits per heavy atom. The lowest BCUT2D eigenvalue weighted by Gasteiger charge is -2.16. The van der Waals surface area contributed by atoms with Crippen molar-refractivity contribution in [3.05, 3.63) is 24.3 Å². The third kappa shape index (κ3) is 4.89. The van der Waals surface area contributed by atoms with Crippen LogP contribution in [0.3, 0.4) is 0 Å². The Morgan fingerprint density at radius 1 is 1.18 bits per heavy atom. The van der Waals surface area contributed by atoms with E-state index in [0.717, 1.165) is 37.5 Å². The largest absolute Gasteiger partial charge is 0.508 e. The first kappa shape index (κ1) is 14.2. The maximum Gasteiger partial charge on any atom is 0.211 e. The number of rotatable bonds is 8. The maximum absolute atomic E-state index is 9.78. The molecule has 1 atom stereocenters. The molecule has 0 heterocycles. The predicted octanol–water partition coefficient (Wildman–Crippen LogP) is 1.79. The molecule has 0 spiro atoms. The van der Waals surface area contributed by atoms with E-state index in [-0.39, 0.29) is 0 Å². The number of ether oxygens (including phenoxy) is 1. The Hall–Kier alpha value is -0.843. The van der Waals surface area contributed by atoms with Crippen LogP contribution in [0, 0.1) is 0 Å². The van der Waals surface area contributed by atoms with Crippen LogP contribution in [-0.4, -0.2) is 34.0 Å². The summed E-state index contributed by atoms with van der Waals surface area (Å²) >= 11 is 0. The number of hydrogen-bond donors (Lipinski definition) is 1. The summed E-state index contributed by atoms with van der Waals surface area (Å²) in [6.45, 7) is 6.34. The summed E-state index contributed by atoms with van der Waals surface area (Å²) in [6, 6.07) is 8.49. The Bertz CT molecular complexity index is 317. The minimum Gasteiger partial charge on any atom is -0.508 e. The Morgan fingerprint density at radius 3 is 2.59 bits per heavy atom. The van der Waals surface area contributed by atoms with Crippen LogP contribution in [0.4, 0.5) is 0 Å². The highest BCUT2D eigenvalue weighted by Crippen LogP contribution is 2.08. The van der Waals surface area contributed by atoms with Gasteiger partial charge in [-0.1, -0.05) is 25.1 Å². The number of benzene rings is 1. The maximum atomic E-state index is 9.78. The van der Waals surface area contributed by atoms with Gasteiger partial charge < -0.3 is 14.3 Å². The zero-order valence-electron chi connectivity index (χ0n) is 10.7. The van der Waals surface area contributed by atoms with E-state index in [1.807, 2.05) is 25.1 Å². The van der Waals surface area contributed by atoms with E-state index >= 15 is 0 Å². The predicted molar refractivity (Wildman–Crippen MR) is 72.4 cm³/mol. The lowest BCUT2D eigenvalue weighted by Crippen LogP contribution is -2.33. The molecule has 4 heteroatoms. The van der Waals surface area contributed by atoms with E-state index in [2.05, 4.69) is 6.92 Å². The van der Waals surface area contributed by atoms with Crippen LogP contribution in [0.2, 0.25) is 6.04 Å². The van der Waals surface area contributed by atoms with Crippen LogP contribution in [0.1, 0.15) is 20.3 Å². The Kier molecular flexibility index (Phi) is 6.92. The lowest BCUT2D eigenvalue weighted by atomic mass is 10.3. The first-order valence-corrected chi connectivity index (χ1v) is 8.13. The molecule has 1 aromatic carbocycles. The molecule has 0 bridgehead atoms. The zero-order chi connectivity index (χ0) is 12.5. The monoisotopic (exact) mass is 254 g/mol. The second-order valence-corrected chi connectivity index (χ2v) is 6.63. The SMILES string of the molecule is CCOCCCO[SiH](CC)c1ccccc1O. The summed E-state index contributed by atoms with van der Waals surface area (Å²) in [5.41, 5.74) is 0. The van der Waals surface area contributed by atoms with Crippen molar-refractivity contribution < 1.29 is 14.3 Å². The molecule has 96 valence electrons. The number of hydrogen-bond acceptors (Lipinski definition) is 3. The average molecular weight is 254 g/mol. The first-order chi connectivity index (χ1) is 8.29. The molecule has 0 radical (unpaired) electrons. The lowest BCUT2D eigenvalue weighted by molar-refractivity contribution is 0.131. The van der Waals surface area contributed by atoms with Crippen LogP contribution in [0.5, 0.6) is 5.75 Å². The van der Waals surface area contributed by atoms with Gasteiger partial charge in [-0.2, -0.15) is 0 Å². The number of aromatic hydroxyl groups is 1. The van der Waals surface area contributed by atoms with Crippen LogP contribution in [0.25, 0.3) is 0 Å². The molecule has 1 unspecified atom stereocenters. The third-order valence-electron chi connectivity index (χ3n) is 2.61. The van der Waals surface area contributed by atoms with Gasteiger partial charge in [-0.05, 0) is 25.5 Å². The van der Waals surface area contributed by atoms with Gasteiger partial charge in [0.05, 0.1) is 0 Å². The van der Waals surface area contributed by atoms with Crippen LogP contribution in [0.15, 0.2) is 24.3 Å². The summed E-state index contributed by atoms with van der Waals surface area (Å²) in [6.07, 6.45) is 0.922.